The lowest BCUT2D eigenvalue weighted by molar-refractivity contribution is 0.444. The zero-order chi connectivity index (χ0) is 10.9. The third-order valence-electron chi connectivity index (χ3n) is 3.32. The third kappa shape index (κ3) is 3.43. The summed E-state index contributed by atoms with van der Waals surface area (Å²) in [6, 6.07) is 0.0729. The van der Waals surface area contributed by atoms with Gasteiger partial charge in [0.25, 0.3) is 0 Å². The van der Waals surface area contributed by atoms with Gasteiger partial charge in [0.2, 0.25) is 10.0 Å². The van der Waals surface area contributed by atoms with E-state index >= 15 is 0 Å². The van der Waals surface area contributed by atoms with Gasteiger partial charge in [-0.3, -0.25) is 0 Å². The molecule has 1 aliphatic carbocycles. The minimum atomic E-state index is -3.03. The van der Waals surface area contributed by atoms with Gasteiger partial charge in [0.1, 0.15) is 0 Å². The van der Waals surface area contributed by atoms with E-state index in [-0.39, 0.29) is 6.04 Å². The Labute approximate surface area is 91.9 Å². The van der Waals surface area contributed by atoms with Crippen molar-refractivity contribution >= 4 is 10.0 Å². The van der Waals surface area contributed by atoms with E-state index in [1.165, 1.54) is 0 Å². The molecule has 2 fully saturated rings. The predicted octanol–water partition coefficient (Wildman–Crippen LogP) is 0.314. The monoisotopic (exact) mass is 232 g/mol. The third-order valence-corrected chi connectivity index (χ3v) is 4.96. The SMILES string of the molecule is CC(NS(=O)(=O)CC1CC1)C1CCNC1. The van der Waals surface area contributed by atoms with Crippen molar-refractivity contribution in [3.05, 3.63) is 0 Å². The van der Waals surface area contributed by atoms with E-state index < -0.39 is 10.0 Å². The Morgan fingerprint density at radius 3 is 2.67 bits per heavy atom. The Morgan fingerprint density at radius 1 is 1.40 bits per heavy atom. The maximum absolute atomic E-state index is 11.7. The highest BCUT2D eigenvalue weighted by atomic mass is 32.2. The maximum atomic E-state index is 11.7. The number of sulfonamides is 1. The number of rotatable bonds is 5. The van der Waals surface area contributed by atoms with Crippen LogP contribution in [0, 0.1) is 11.8 Å². The molecule has 0 spiro atoms. The van der Waals surface area contributed by atoms with E-state index in [0.29, 0.717) is 17.6 Å². The van der Waals surface area contributed by atoms with Gasteiger partial charge in [0, 0.05) is 6.04 Å². The van der Waals surface area contributed by atoms with E-state index in [4.69, 9.17) is 0 Å². The standard InChI is InChI=1S/C10H20N2O2S/c1-8(10-4-5-11-6-10)12-15(13,14)7-9-2-3-9/h8-12H,2-7H2,1H3. The Hall–Kier alpha value is -0.130. The Bertz CT molecular complexity index is 305. The van der Waals surface area contributed by atoms with Crippen LogP contribution in [0.3, 0.4) is 0 Å². The van der Waals surface area contributed by atoms with Crippen molar-refractivity contribution in [1.29, 1.82) is 0 Å². The van der Waals surface area contributed by atoms with Crippen LogP contribution in [0.1, 0.15) is 26.2 Å². The zero-order valence-electron chi connectivity index (χ0n) is 9.20. The molecular weight excluding hydrogens is 212 g/mol. The highest BCUT2D eigenvalue weighted by molar-refractivity contribution is 7.89. The summed E-state index contributed by atoms with van der Waals surface area (Å²) in [6.07, 6.45) is 3.24. The minimum absolute atomic E-state index is 0.0729. The lowest BCUT2D eigenvalue weighted by Crippen LogP contribution is -2.40. The molecule has 15 heavy (non-hydrogen) atoms. The molecule has 1 aliphatic heterocycles. The Morgan fingerprint density at radius 2 is 2.13 bits per heavy atom. The second kappa shape index (κ2) is 4.39. The number of hydrogen-bond acceptors (Lipinski definition) is 3. The molecule has 5 heteroatoms. The summed E-state index contributed by atoms with van der Waals surface area (Å²) in [6.45, 7) is 3.93. The van der Waals surface area contributed by atoms with Crippen molar-refractivity contribution in [3.63, 3.8) is 0 Å². The normalized spacial score (nSPS) is 29.3. The fourth-order valence-electron chi connectivity index (χ4n) is 2.13. The average Bonchev–Trinajstić information content (AvgIpc) is 2.78. The van der Waals surface area contributed by atoms with Crippen LogP contribution in [0.4, 0.5) is 0 Å². The molecule has 0 radical (unpaired) electrons. The van der Waals surface area contributed by atoms with E-state index in [1.807, 2.05) is 6.92 Å². The molecule has 2 atom stereocenters. The lowest BCUT2D eigenvalue weighted by Gasteiger charge is -2.19. The summed E-state index contributed by atoms with van der Waals surface area (Å²) in [5, 5.41) is 3.26. The van der Waals surface area contributed by atoms with Gasteiger partial charge >= 0.3 is 0 Å². The van der Waals surface area contributed by atoms with E-state index in [9.17, 15) is 8.42 Å². The van der Waals surface area contributed by atoms with Crippen LogP contribution in [0.2, 0.25) is 0 Å². The zero-order valence-corrected chi connectivity index (χ0v) is 10.0. The summed E-state index contributed by atoms with van der Waals surface area (Å²) in [5.74, 6) is 1.22. The van der Waals surface area contributed by atoms with Gasteiger partial charge in [-0.1, -0.05) is 0 Å². The van der Waals surface area contributed by atoms with Gasteiger partial charge < -0.3 is 5.32 Å². The summed E-state index contributed by atoms with van der Waals surface area (Å²) in [4.78, 5) is 0. The highest BCUT2D eigenvalue weighted by Gasteiger charge is 2.30. The maximum Gasteiger partial charge on any atom is 0.212 e. The molecule has 1 heterocycles. The Kier molecular flexibility index (Phi) is 3.33. The highest BCUT2D eigenvalue weighted by Crippen LogP contribution is 2.30. The van der Waals surface area contributed by atoms with E-state index in [1.54, 1.807) is 0 Å². The van der Waals surface area contributed by atoms with E-state index in [2.05, 4.69) is 10.0 Å². The molecule has 88 valence electrons. The van der Waals surface area contributed by atoms with Crippen LogP contribution in [-0.4, -0.2) is 33.3 Å². The first-order valence-corrected chi connectivity index (χ1v) is 7.43. The Balaban J connectivity index is 1.83. The van der Waals surface area contributed by atoms with Crippen molar-refractivity contribution in [2.45, 2.75) is 32.2 Å². The second-order valence-corrected chi connectivity index (χ2v) is 6.68. The van der Waals surface area contributed by atoms with Crippen molar-refractivity contribution in [2.75, 3.05) is 18.8 Å². The smallest absolute Gasteiger partial charge is 0.212 e. The van der Waals surface area contributed by atoms with Gasteiger partial charge in [-0.05, 0) is 51.1 Å². The molecule has 0 aromatic rings. The second-order valence-electron chi connectivity index (χ2n) is 4.88. The minimum Gasteiger partial charge on any atom is -0.316 e. The molecule has 4 nitrogen and oxygen atoms in total. The first kappa shape index (κ1) is 11.4. The molecule has 0 aromatic carbocycles. The number of hydrogen-bond donors (Lipinski definition) is 2. The predicted molar refractivity (Wildman–Crippen MR) is 60.1 cm³/mol. The fraction of sp³-hybridized carbons (Fsp3) is 1.00. The van der Waals surface area contributed by atoms with Crippen molar-refractivity contribution in [3.8, 4) is 0 Å². The molecule has 0 aromatic heterocycles. The molecule has 2 unspecified atom stereocenters. The van der Waals surface area contributed by atoms with Crippen molar-refractivity contribution < 1.29 is 8.42 Å². The fourth-order valence-corrected chi connectivity index (χ4v) is 3.94. The molecule has 1 saturated heterocycles. The first-order chi connectivity index (χ1) is 7.07. The molecule has 2 rings (SSSR count). The topological polar surface area (TPSA) is 58.2 Å². The molecule has 0 bridgehead atoms. The van der Waals surface area contributed by atoms with Gasteiger partial charge in [0.15, 0.2) is 0 Å². The molecule has 0 amide bonds. The molecule has 2 aliphatic rings. The molecule has 1 saturated carbocycles. The largest absolute Gasteiger partial charge is 0.316 e. The van der Waals surface area contributed by atoms with Crippen LogP contribution in [0.25, 0.3) is 0 Å². The summed E-state index contributed by atoms with van der Waals surface area (Å²) in [5.41, 5.74) is 0. The summed E-state index contributed by atoms with van der Waals surface area (Å²) < 4.78 is 26.2. The number of nitrogens with one attached hydrogen (secondary N) is 2. The molecule has 2 N–H and O–H groups in total. The van der Waals surface area contributed by atoms with Crippen molar-refractivity contribution in [2.24, 2.45) is 11.8 Å². The van der Waals surface area contributed by atoms with Gasteiger partial charge in [0.05, 0.1) is 5.75 Å². The van der Waals surface area contributed by atoms with Crippen LogP contribution < -0.4 is 10.0 Å². The summed E-state index contributed by atoms with van der Waals surface area (Å²) in [7, 11) is -3.03. The van der Waals surface area contributed by atoms with E-state index in [0.717, 1.165) is 32.4 Å². The summed E-state index contributed by atoms with van der Waals surface area (Å²) >= 11 is 0. The van der Waals surface area contributed by atoms with Crippen LogP contribution in [0.5, 0.6) is 0 Å². The van der Waals surface area contributed by atoms with Crippen LogP contribution in [-0.2, 0) is 10.0 Å². The first-order valence-electron chi connectivity index (χ1n) is 5.77. The van der Waals surface area contributed by atoms with Gasteiger partial charge in [-0.2, -0.15) is 0 Å². The van der Waals surface area contributed by atoms with Crippen LogP contribution >= 0.6 is 0 Å². The van der Waals surface area contributed by atoms with Crippen molar-refractivity contribution in [1.82, 2.24) is 10.0 Å². The quantitative estimate of drug-likeness (QED) is 0.717. The molecular formula is C10H20N2O2S. The average molecular weight is 232 g/mol. The van der Waals surface area contributed by atoms with Gasteiger partial charge in [-0.25, -0.2) is 13.1 Å². The van der Waals surface area contributed by atoms with Crippen LogP contribution in [0.15, 0.2) is 0 Å². The lowest BCUT2D eigenvalue weighted by atomic mass is 10.0. The van der Waals surface area contributed by atoms with Gasteiger partial charge in [-0.15, -0.1) is 0 Å².